The number of likely N-dealkylation sites (tertiary alicyclic amines) is 1. The highest BCUT2D eigenvalue weighted by Crippen LogP contribution is 2.21. The molecule has 1 aromatic heterocycles. The van der Waals surface area contributed by atoms with Crippen LogP contribution in [0.15, 0.2) is 17.1 Å². The van der Waals surface area contributed by atoms with Crippen LogP contribution in [0.4, 0.5) is 4.79 Å². The van der Waals surface area contributed by atoms with Crippen LogP contribution >= 0.6 is 0 Å². The summed E-state index contributed by atoms with van der Waals surface area (Å²) >= 11 is 0. The Bertz CT molecular complexity index is 440. The van der Waals surface area contributed by atoms with Gasteiger partial charge in [-0.2, -0.15) is 0 Å². The van der Waals surface area contributed by atoms with E-state index in [1.54, 1.807) is 6.26 Å². The van der Waals surface area contributed by atoms with Crippen molar-refractivity contribution in [2.75, 3.05) is 19.6 Å². The number of aromatic nitrogens is 1. The molecule has 1 aliphatic rings. The molecular weight excluding hydrogens is 270 g/mol. The highest BCUT2D eigenvalue weighted by atomic mass is 16.6. The van der Waals surface area contributed by atoms with Gasteiger partial charge in [0.15, 0.2) is 6.39 Å². The lowest BCUT2D eigenvalue weighted by atomic mass is 10.1. The number of hydrogen-bond acceptors (Lipinski definition) is 5. The molecule has 1 unspecified atom stereocenters. The van der Waals surface area contributed by atoms with Crippen molar-refractivity contribution in [3.8, 4) is 0 Å². The highest BCUT2D eigenvalue weighted by molar-refractivity contribution is 5.68. The van der Waals surface area contributed by atoms with E-state index in [9.17, 15) is 4.79 Å². The second-order valence-corrected chi connectivity index (χ2v) is 6.53. The summed E-state index contributed by atoms with van der Waals surface area (Å²) in [5.74, 6) is 0.544. The number of carbonyl (C=O) groups excluding carboxylic acids is 1. The van der Waals surface area contributed by atoms with Crippen LogP contribution < -0.4 is 5.32 Å². The Labute approximate surface area is 125 Å². The quantitative estimate of drug-likeness (QED) is 0.845. The van der Waals surface area contributed by atoms with E-state index in [1.165, 1.54) is 6.39 Å². The first-order chi connectivity index (χ1) is 9.94. The summed E-state index contributed by atoms with van der Waals surface area (Å²) in [6, 6.07) is 0. The molecule has 118 valence electrons. The molecule has 1 amide bonds. The Hall–Kier alpha value is -1.56. The molecule has 1 atom stereocenters. The lowest BCUT2D eigenvalue weighted by Gasteiger charge is -2.24. The van der Waals surface area contributed by atoms with Gasteiger partial charge in [-0.15, -0.1) is 0 Å². The minimum absolute atomic E-state index is 0.194. The molecule has 1 saturated heterocycles. The third-order valence-corrected chi connectivity index (χ3v) is 3.46. The van der Waals surface area contributed by atoms with Crippen LogP contribution in [0.25, 0.3) is 0 Å². The maximum Gasteiger partial charge on any atom is 0.410 e. The van der Waals surface area contributed by atoms with Crippen molar-refractivity contribution in [2.24, 2.45) is 5.92 Å². The van der Waals surface area contributed by atoms with Crippen LogP contribution in [0.2, 0.25) is 0 Å². The molecule has 0 radical (unpaired) electrons. The topological polar surface area (TPSA) is 67.6 Å². The number of ether oxygens (including phenoxy) is 1. The van der Waals surface area contributed by atoms with Crippen LogP contribution in [0.1, 0.15) is 39.3 Å². The SMILES string of the molecule is CC(C)(C)OC(=O)N1CCC(CCNCc2cocn2)C1. The van der Waals surface area contributed by atoms with Gasteiger partial charge in [0.1, 0.15) is 11.9 Å². The van der Waals surface area contributed by atoms with E-state index in [-0.39, 0.29) is 6.09 Å². The second kappa shape index (κ2) is 6.93. The number of rotatable bonds is 5. The molecule has 6 heteroatoms. The lowest BCUT2D eigenvalue weighted by Crippen LogP contribution is -2.35. The molecule has 1 aromatic rings. The zero-order valence-corrected chi connectivity index (χ0v) is 13.1. The summed E-state index contributed by atoms with van der Waals surface area (Å²) in [5, 5.41) is 3.34. The summed E-state index contributed by atoms with van der Waals surface area (Å²) in [6.07, 6.45) is 4.99. The number of amides is 1. The lowest BCUT2D eigenvalue weighted by molar-refractivity contribution is 0.0287. The average molecular weight is 295 g/mol. The maximum atomic E-state index is 12.0. The molecule has 2 rings (SSSR count). The minimum atomic E-state index is -0.422. The highest BCUT2D eigenvalue weighted by Gasteiger charge is 2.29. The number of hydrogen-bond donors (Lipinski definition) is 1. The van der Waals surface area contributed by atoms with Crippen LogP contribution in [-0.4, -0.2) is 41.2 Å². The van der Waals surface area contributed by atoms with E-state index >= 15 is 0 Å². The van der Waals surface area contributed by atoms with E-state index in [0.29, 0.717) is 5.92 Å². The monoisotopic (exact) mass is 295 g/mol. The minimum Gasteiger partial charge on any atom is -0.451 e. The van der Waals surface area contributed by atoms with Crippen molar-refractivity contribution in [3.05, 3.63) is 18.4 Å². The van der Waals surface area contributed by atoms with E-state index in [4.69, 9.17) is 9.15 Å². The van der Waals surface area contributed by atoms with Crippen LogP contribution in [-0.2, 0) is 11.3 Å². The second-order valence-electron chi connectivity index (χ2n) is 6.53. The molecule has 0 aromatic carbocycles. The van der Waals surface area contributed by atoms with Crippen molar-refractivity contribution in [3.63, 3.8) is 0 Å². The molecule has 1 fully saturated rings. The van der Waals surface area contributed by atoms with E-state index in [2.05, 4.69) is 10.3 Å². The Morgan fingerprint density at radius 2 is 2.38 bits per heavy atom. The maximum absolute atomic E-state index is 12.0. The van der Waals surface area contributed by atoms with Gasteiger partial charge in [0.2, 0.25) is 0 Å². The Balaban J connectivity index is 1.62. The van der Waals surface area contributed by atoms with E-state index in [0.717, 1.165) is 44.7 Å². The molecule has 2 heterocycles. The van der Waals surface area contributed by atoms with Crippen LogP contribution in [0, 0.1) is 5.92 Å². The number of oxazole rings is 1. The van der Waals surface area contributed by atoms with Crippen LogP contribution in [0.5, 0.6) is 0 Å². The van der Waals surface area contributed by atoms with Gasteiger partial charge in [-0.05, 0) is 46.1 Å². The summed E-state index contributed by atoms with van der Waals surface area (Å²) in [6.45, 7) is 8.91. The number of carbonyl (C=O) groups is 1. The number of nitrogens with one attached hydrogen (secondary N) is 1. The first-order valence-electron chi connectivity index (χ1n) is 7.50. The van der Waals surface area contributed by atoms with E-state index in [1.807, 2.05) is 25.7 Å². The molecule has 1 aliphatic heterocycles. The molecule has 0 aliphatic carbocycles. The first-order valence-corrected chi connectivity index (χ1v) is 7.50. The van der Waals surface area contributed by atoms with Crippen molar-refractivity contribution in [2.45, 2.75) is 45.8 Å². The summed E-state index contributed by atoms with van der Waals surface area (Å²) in [4.78, 5) is 17.8. The van der Waals surface area contributed by atoms with Gasteiger partial charge in [-0.3, -0.25) is 0 Å². The summed E-state index contributed by atoms with van der Waals surface area (Å²) in [7, 11) is 0. The fourth-order valence-corrected chi connectivity index (χ4v) is 2.41. The number of nitrogens with zero attached hydrogens (tertiary/aromatic N) is 2. The average Bonchev–Trinajstić information content (AvgIpc) is 3.04. The fourth-order valence-electron chi connectivity index (χ4n) is 2.41. The Morgan fingerprint density at radius 1 is 1.57 bits per heavy atom. The zero-order valence-electron chi connectivity index (χ0n) is 13.1. The molecule has 21 heavy (non-hydrogen) atoms. The fraction of sp³-hybridized carbons (Fsp3) is 0.733. The molecular formula is C15H25N3O3. The zero-order chi connectivity index (χ0) is 15.3. The van der Waals surface area contributed by atoms with Gasteiger partial charge >= 0.3 is 6.09 Å². The van der Waals surface area contributed by atoms with Crippen molar-refractivity contribution < 1.29 is 13.9 Å². The summed E-state index contributed by atoms with van der Waals surface area (Å²) in [5.41, 5.74) is 0.491. The molecule has 0 spiro atoms. The van der Waals surface area contributed by atoms with Gasteiger partial charge in [-0.1, -0.05) is 0 Å². The predicted molar refractivity (Wildman–Crippen MR) is 78.7 cm³/mol. The Kier molecular flexibility index (Phi) is 5.22. The largest absolute Gasteiger partial charge is 0.451 e. The van der Waals surface area contributed by atoms with E-state index < -0.39 is 5.60 Å². The van der Waals surface area contributed by atoms with Crippen molar-refractivity contribution in [1.29, 1.82) is 0 Å². The van der Waals surface area contributed by atoms with Gasteiger partial charge in [0.25, 0.3) is 0 Å². The third-order valence-electron chi connectivity index (χ3n) is 3.46. The molecule has 0 bridgehead atoms. The molecule has 6 nitrogen and oxygen atoms in total. The molecule has 1 N–H and O–H groups in total. The third kappa shape index (κ3) is 5.38. The normalized spacial score (nSPS) is 19.0. The molecule has 0 saturated carbocycles. The van der Waals surface area contributed by atoms with Gasteiger partial charge in [0, 0.05) is 19.6 Å². The van der Waals surface area contributed by atoms with Crippen molar-refractivity contribution >= 4 is 6.09 Å². The van der Waals surface area contributed by atoms with Gasteiger partial charge in [-0.25, -0.2) is 9.78 Å². The Morgan fingerprint density at radius 3 is 3.05 bits per heavy atom. The standard InChI is InChI=1S/C15H25N3O3/c1-15(2,3)21-14(19)18-7-5-12(9-18)4-6-16-8-13-10-20-11-17-13/h10-12,16H,4-9H2,1-3H3. The van der Waals surface area contributed by atoms with Gasteiger partial charge in [0.05, 0.1) is 5.69 Å². The smallest absolute Gasteiger partial charge is 0.410 e. The summed E-state index contributed by atoms with van der Waals surface area (Å²) < 4.78 is 10.3. The van der Waals surface area contributed by atoms with Gasteiger partial charge < -0.3 is 19.4 Å². The first kappa shape index (κ1) is 15.8. The predicted octanol–water partition coefficient (Wildman–Crippen LogP) is 2.41. The van der Waals surface area contributed by atoms with Crippen molar-refractivity contribution in [1.82, 2.24) is 15.2 Å². The van der Waals surface area contributed by atoms with Crippen LogP contribution in [0.3, 0.4) is 0 Å².